The molecule has 1 heterocycles. The summed E-state index contributed by atoms with van der Waals surface area (Å²) in [5.74, 6) is 0. The molecule has 1 spiro atoms. The van der Waals surface area contributed by atoms with E-state index in [1.54, 1.807) is 0 Å². The van der Waals surface area contributed by atoms with Crippen molar-refractivity contribution in [3.05, 3.63) is 130 Å². The Balaban J connectivity index is 1.88. The molecule has 0 unspecified atom stereocenters. The van der Waals surface area contributed by atoms with Crippen molar-refractivity contribution in [2.24, 2.45) is 0 Å². The molecule has 0 fully saturated rings. The van der Waals surface area contributed by atoms with Gasteiger partial charge in [0, 0.05) is 15.2 Å². The Hall–Kier alpha value is -2.77. The summed E-state index contributed by atoms with van der Waals surface area (Å²) in [6, 6.07) is 36.1. The van der Waals surface area contributed by atoms with Gasteiger partial charge in [0.15, 0.2) is 0 Å². The molecular formula is C28H22S. The summed E-state index contributed by atoms with van der Waals surface area (Å²) in [5, 5.41) is 0. The summed E-state index contributed by atoms with van der Waals surface area (Å²) in [6.07, 6.45) is 0. The third kappa shape index (κ3) is 2.06. The zero-order valence-electron chi connectivity index (χ0n) is 16.6. The molecule has 0 N–H and O–H groups in total. The van der Waals surface area contributed by atoms with Gasteiger partial charge < -0.3 is 0 Å². The van der Waals surface area contributed by atoms with Crippen LogP contribution in [0, 0.1) is 0 Å². The Kier molecular flexibility index (Phi) is 3.47. The van der Waals surface area contributed by atoms with E-state index >= 15 is 0 Å². The van der Waals surface area contributed by atoms with E-state index in [1.165, 1.54) is 43.2 Å². The average Bonchev–Trinajstić information content (AvgIpc) is 2.77. The highest BCUT2D eigenvalue weighted by Gasteiger charge is 2.51. The van der Waals surface area contributed by atoms with Crippen LogP contribution in [-0.2, 0) is 10.8 Å². The third-order valence-corrected chi connectivity index (χ3v) is 7.96. The van der Waals surface area contributed by atoms with Crippen molar-refractivity contribution in [1.29, 1.82) is 0 Å². The fourth-order valence-corrected chi connectivity index (χ4v) is 6.77. The lowest BCUT2D eigenvalue weighted by Gasteiger charge is -2.50. The Morgan fingerprint density at radius 2 is 0.793 bits per heavy atom. The second kappa shape index (κ2) is 5.87. The Morgan fingerprint density at radius 3 is 1.24 bits per heavy atom. The Morgan fingerprint density at radius 1 is 0.448 bits per heavy atom. The van der Waals surface area contributed by atoms with Gasteiger partial charge in [-0.3, -0.25) is 0 Å². The monoisotopic (exact) mass is 390 g/mol. The fourth-order valence-electron chi connectivity index (χ4n) is 5.58. The highest BCUT2D eigenvalue weighted by atomic mass is 32.2. The van der Waals surface area contributed by atoms with Gasteiger partial charge in [0.25, 0.3) is 0 Å². The molecule has 1 aliphatic carbocycles. The van der Waals surface area contributed by atoms with Crippen LogP contribution in [0.1, 0.15) is 47.2 Å². The molecule has 1 heteroatoms. The van der Waals surface area contributed by atoms with Crippen LogP contribution in [0.25, 0.3) is 0 Å². The summed E-state index contributed by atoms with van der Waals surface area (Å²) in [4.78, 5) is 2.71. The largest absolute Gasteiger partial charge is 0.0894 e. The van der Waals surface area contributed by atoms with Gasteiger partial charge in [-0.25, -0.2) is 0 Å². The molecule has 2 aliphatic rings. The highest BCUT2D eigenvalue weighted by Crippen LogP contribution is 2.61. The number of rotatable bonds is 0. The standard InChI is InChI=1S/C28H22S/c1-27(2)19-11-3-5-13-21(19)28(22-14-6-4-12-20(22)27)23-15-7-9-17-25(23)29-26-18-10-8-16-24(26)28/h3-18H,1-2H3. The predicted octanol–water partition coefficient (Wildman–Crippen LogP) is 7.17. The molecule has 1 aliphatic heterocycles. The molecule has 140 valence electrons. The Bertz CT molecular complexity index is 1170. The number of benzene rings is 4. The van der Waals surface area contributed by atoms with Crippen LogP contribution in [0.2, 0.25) is 0 Å². The first-order valence-electron chi connectivity index (χ1n) is 10.2. The van der Waals surface area contributed by atoms with Gasteiger partial charge in [-0.2, -0.15) is 0 Å². The zero-order valence-corrected chi connectivity index (χ0v) is 17.5. The highest BCUT2D eigenvalue weighted by molar-refractivity contribution is 7.99. The molecule has 4 aromatic carbocycles. The summed E-state index contributed by atoms with van der Waals surface area (Å²) in [6.45, 7) is 4.74. The van der Waals surface area contributed by atoms with Crippen LogP contribution in [0.15, 0.2) is 107 Å². The second-order valence-electron chi connectivity index (χ2n) is 8.56. The van der Waals surface area contributed by atoms with Gasteiger partial charge in [0.2, 0.25) is 0 Å². The number of hydrogen-bond acceptors (Lipinski definition) is 1. The van der Waals surface area contributed by atoms with Crippen molar-refractivity contribution >= 4 is 11.8 Å². The molecule has 29 heavy (non-hydrogen) atoms. The van der Waals surface area contributed by atoms with Crippen molar-refractivity contribution in [1.82, 2.24) is 0 Å². The van der Waals surface area contributed by atoms with Crippen molar-refractivity contribution in [2.45, 2.75) is 34.5 Å². The van der Waals surface area contributed by atoms with E-state index in [9.17, 15) is 0 Å². The van der Waals surface area contributed by atoms with Gasteiger partial charge in [-0.1, -0.05) is 111 Å². The quantitative estimate of drug-likeness (QED) is 0.270. The molecule has 0 radical (unpaired) electrons. The van der Waals surface area contributed by atoms with Crippen LogP contribution in [0.5, 0.6) is 0 Å². The fraction of sp³-hybridized carbons (Fsp3) is 0.143. The van der Waals surface area contributed by atoms with E-state index < -0.39 is 0 Å². The van der Waals surface area contributed by atoms with Crippen LogP contribution >= 0.6 is 11.8 Å². The maximum Gasteiger partial charge on any atom is 0.0729 e. The number of fused-ring (bicyclic) bond motifs is 8. The van der Waals surface area contributed by atoms with E-state index in [1.807, 2.05) is 11.8 Å². The van der Waals surface area contributed by atoms with E-state index in [4.69, 9.17) is 0 Å². The Labute approximate surface area is 176 Å². The van der Waals surface area contributed by atoms with Gasteiger partial charge >= 0.3 is 0 Å². The van der Waals surface area contributed by atoms with Crippen LogP contribution in [0.4, 0.5) is 0 Å². The summed E-state index contributed by atoms with van der Waals surface area (Å²) >= 11 is 1.90. The molecule has 0 aromatic heterocycles. The summed E-state index contributed by atoms with van der Waals surface area (Å²) in [5.41, 5.74) is 8.19. The lowest BCUT2D eigenvalue weighted by Crippen LogP contribution is -2.43. The molecule has 0 saturated heterocycles. The topological polar surface area (TPSA) is 0 Å². The second-order valence-corrected chi connectivity index (χ2v) is 9.64. The lowest BCUT2D eigenvalue weighted by atomic mass is 9.54. The minimum atomic E-state index is -0.277. The van der Waals surface area contributed by atoms with Gasteiger partial charge in [-0.15, -0.1) is 0 Å². The summed E-state index contributed by atoms with van der Waals surface area (Å²) in [7, 11) is 0. The van der Waals surface area contributed by atoms with Gasteiger partial charge in [0.05, 0.1) is 5.41 Å². The maximum absolute atomic E-state index is 2.37. The van der Waals surface area contributed by atoms with Crippen molar-refractivity contribution < 1.29 is 0 Å². The predicted molar refractivity (Wildman–Crippen MR) is 121 cm³/mol. The smallest absolute Gasteiger partial charge is 0.0729 e. The van der Waals surface area contributed by atoms with Crippen LogP contribution < -0.4 is 0 Å². The van der Waals surface area contributed by atoms with Crippen LogP contribution in [0.3, 0.4) is 0 Å². The first-order chi connectivity index (χ1) is 14.1. The summed E-state index contributed by atoms with van der Waals surface area (Å²) < 4.78 is 0. The van der Waals surface area contributed by atoms with E-state index in [0.717, 1.165) is 0 Å². The first-order valence-corrected chi connectivity index (χ1v) is 11.0. The van der Waals surface area contributed by atoms with Gasteiger partial charge in [0.1, 0.15) is 0 Å². The van der Waals surface area contributed by atoms with Gasteiger partial charge in [-0.05, 0) is 45.5 Å². The average molecular weight is 391 g/mol. The van der Waals surface area contributed by atoms with E-state index in [0.29, 0.717) is 0 Å². The SMILES string of the molecule is CC1(C)c2ccccc2C2(c3ccccc3Sc3ccccc32)c2ccccc21. The van der Waals surface area contributed by atoms with Crippen molar-refractivity contribution in [3.8, 4) is 0 Å². The molecule has 0 amide bonds. The number of hydrogen-bond donors (Lipinski definition) is 0. The minimum absolute atomic E-state index is 0.0348. The normalized spacial score (nSPS) is 17.0. The molecule has 0 bridgehead atoms. The first kappa shape index (κ1) is 17.1. The third-order valence-electron chi connectivity index (χ3n) is 6.81. The molecule has 0 saturated carbocycles. The zero-order chi connectivity index (χ0) is 19.6. The van der Waals surface area contributed by atoms with E-state index in [2.05, 4.69) is 111 Å². The molecule has 4 aromatic rings. The molecular weight excluding hydrogens is 368 g/mol. The molecule has 0 atom stereocenters. The molecule has 6 rings (SSSR count). The minimum Gasteiger partial charge on any atom is -0.0894 e. The van der Waals surface area contributed by atoms with Crippen LogP contribution in [-0.4, -0.2) is 0 Å². The maximum atomic E-state index is 2.37. The van der Waals surface area contributed by atoms with Crippen molar-refractivity contribution in [2.75, 3.05) is 0 Å². The lowest BCUT2D eigenvalue weighted by molar-refractivity contribution is 0.549. The van der Waals surface area contributed by atoms with E-state index in [-0.39, 0.29) is 10.8 Å². The van der Waals surface area contributed by atoms with Crippen molar-refractivity contribution in [3.63, 3.8) is 0 Å². The molecule has 0 nitrogen and oxygen atoms in total.